The lowest BCUT2D eigenvalue weighted by atomic mass is 10.1. The van der Waals surface area contributed by atoms with Crippen molar-refractivity contribution >= 4 is 21.4 Å². The maximum atomic E-state index is 12.7. The van der Waals surface area contributed by atoms with Crippen molar-refractivity contribution in [3.05, 3.63) is 53.6 Å². The molecule has 0 fully saturated rings. The Morgan fingerprint density at radius 1 is 1.05 bits per heavy atom. The van der Waals surface area contributed by atoms with Gasteiger partial charge in [-0.3, -0.25) is 4.31 Å². The molecule has 2 N–H and O–H groups in total. The number of hydrogen-bond acceptors (Lipinski definition) is 3. The van der Waals surface area contributed by atoms with Gasteiger partial charge in [0.15, 0.2) is 0 Å². The molecule has 2 rings (SSSR count). The Balaban J connectivity index is 2.57. The molecule has 20 heavy (non-hydrogen) atoms. The van der Waals surface area contributed by atoms with Crippen LogP contribution in [0.5, 0.6) is 0 Å². The molecule has 0 unspecified atom stereocenters. The van der Waals surface area contributed by atoms with E-state index in [-0.39, 0.29) is 4.90 Å². The molecule has 106 valence electrons. The second-order valence-corrected chi connectivity index (χ2v) is 6.72. The lowest BCUT2D eigenvalue weighted by Gasteiger charge is -2.21. The monoisotopic (exact) mass is 290 g/mol. The van der Waals surface area contributed by atoms with Crippen LogP contribution in [-0.4, -0.2) is 15.5 Å². The molecule has 0 atom stereocenters. The Hall–Kier alpha value is -2.01. The summed E-state index contributed by atoms with van der Waals surface area (Å²) in [6.07, 6.45) is 0. The molecule has 0 aliphatic carbocycles. The minimum Gasteiger partial charge on any atom is -0.398 e. The molecule has 0 radical (unpaired) electrons. The summed E-state index contributed by atoms with van der Waals surface area (Å²) in [4.78, 5) is 0.251. The van der Waals surface area contributed by atoms with Gasteiger partial charge in [-0.2, -0.15) is 0 Å². The van der Waals surface area contributed by atoms with Gasteiger partial charge in [0.1, 0.15) is 0 Å². The van der Waals surface area contributed by atoms with Gasteiger partial charge < -0.3 is 5.73 Å². The van der Waals surface area contributed by atoms with Gasteiger partial charge in [0.25, 0.3) is 10.0 Å². The minimum absolute atomic E-state index is 0.251. The lowest BCUT2D eigenvalue weighted by Crippen LogP contribution is -2.27. The average molecular weight is 290 g/mol. The molecule has 0 spiro atoms. The fraction of sp³-hybridized carbons (Fsp3) is 0.200. The SMILES string of the molecule is Cc1cc(N)c(C)c(S(=O)(=O)N(C)c2ccccc2)c1. The summed E-state index contributed by atoms with van der Waals surface area (Å²) in [6.45, 7) is 3.55. The summed E-state index contributed by atoms with van der Waals surface area (Å²) in [5, 5.41) is 0. The fourth-order valence-corrected chi connectivity index (χ4v) is 3.58. The van der Waals surface area contributed by atoms with Crippen LogP contribution in [0.1, 0.15) is 11.1 Å². The maximum Gasteiger partial charge on any atom is 0.264 e. The summed E-state index contributed by atoms with van der Waals surface area (Å²) in [6, 6.07) is 12.4. The van der Waals surface area contributed by atoms with Gasteiger partial charge >= 0.3 is 0 Å². The van der Waals surface area contributed by atoms with Gasteiger partial charge in [0, 0.05) is 12.7 Å². The van der Waals surface area contributed by atoms with E-state index in [1.807, 2.05) is 13.0 Å². The van der Waals surface area contributed by atoms with E-state index in [2.05, 4.69) is 0 Å². The van der Waals surface area contributed by atoms with E-state index in [1.54, 1.807) is 50.4 Å². The van der Waals surface area contributed by atoms with Gasteiger partial charge in [-0.05, 0) is 49.2 Å². The Morgan fingerprint density at radius 2 is 1.65 bits per heavy atom. The molecule has 0 heterocycles. The highest BCUT2D eigenvalue weighted by Gasteiger charge is 2.24. The van der Waals surface area contributed by atoms with Crippen LogP contribution >= 0.6 is 0 Å². The highest BCUT2D eigenvalue weighted by Crippen LogP contribution is 2.28. The van der Waals surface area contributed by atoms with E-state index >= 15 is 0 Å². The number of sulfonamides is 1. The first-order valence-electron chi connectivity index (χ1n) is 6.24. The first kappa shape index (κ1) is 14.4. The van der Waals surface area contributed by atoms with Crippen molar-refractivity contribution in [1.82, 2.24) is 0 Å². The molecule has 0 amide bonds. The third kappa shape index (κ3) is 2.49. The van der Waals surface area contributed by atoms with Crippen molar-refractivity contribution in [1.29, 1.82) is 0 Å². The number of nitrogen functional groups attached to an aromatic ring is 1. The van der Waals surface area contributed by atoms with Crippen molar-refractivity contribution in [2.45, 2.75) is 18.7 Å². The highest BCUT2D eigenvalue weighted by atomic mass is 32.2. The number of nitrogens with two attached hydrogens (primary N) is 1. The average Bonchev–Trinajstić information content (AvgIpc) is 2.42. The van der Waals surface area contributed by atoms with Crippen LogP contribution in [0.25, 0.3) is 0 Å². The number of nitrogens with zero attached hydrogens (tertiary/aromatic N) is 1. The van der Waals surface area contributed by atoms with E-state index < -0.39 is 10.0 Å². The number of hydrogen-bond donors (Lipinski definition) is 1. The standard InChI is InChI=1S/C15H18N2O2S/c1-11-9-14(16)12(2)15(10-11)20(18,19)17(3)13-7-5-4-6-8-13/h4-10H,16H2,1-3H3. The second kappa shape index (κ2) is 5.17. The topological polar surface area (TPSA) is 63.4 Å². The van der Waals surface area contributed by atoms with Crippen LogP contribution in [0.15, 0.2) is 47.4 Å². The van der Waals surface area contributed by atoms with Gasteiger partial charge in [-0.15, -0.1) is 0 Å². The van der Waals surface area contributed by atoms with Gasteiger partial charge in [-0.25, -0.2) is 8.42 Å². The van der Waals surface area contributed by atoms with Crippen LogP contribution < -0.4 is 10.0 Å². The fourth-order valence-electron chi connectivity index (χ4n) is 2.04. The zero-order valence-corrected chi connectivity index (χ0v) is 12.6. The van der Waals surface area contributed by atoms with Crippen molar-refractivity contribution in [2.24, 2.45) is 0 Å². The van der Waals surface area contributed by atoms with Crippen LogP contribution in [0, 0.1) is 13.8 Å². The van der Waals surface area contributed by atoms with Gasteiger partial charge in [0.05, 0.1) is 10.6 Å². The lowest BCUT2D eigenvalue weighted by molar-refractivity contribution is 0.593. The number of aryl methyl sites for hydroxylation is 1. The molecule has 0 saturated carbocycles. The number of para-hydroxylation sites is 1. The van der Waals surface area contributed by atoms with Crippen LogP contribution in [-0.2, 0) is 10.0 Å². The second-order valence-electron chi connectivity index (χ2n) is 4.79. The molecular weight excluding hydrogens is 272 g/mol. The van der Waals surface area contributed by atoms with E-state index in [4.69, 9.17) is 5.73 Å². The Bertz CT molecular complexity index is 725. The quantitative estimate of drug-likeness (QED) is 0.884. The van der Waals surface area contributed by atoms with Crippen molar-refractivity contribution < 1.29 is 8.42 Å². The molecule has 0 aliphatic heterocycles. The Kier molecular flexibility index (Phi) is 3.72. The smallest absolute Gasteiger partial charge is 0.264 e. The molecule has 0 aromatic heterocycles. The molecular formula is C15H18N2O2S. The molecule has 2 aromatic rings. The summed E-state index contributed by atoms with van der Waals surface area (Å²) < 4.78 is 26.7. The molecule has 0 bridgehead atoms. The predicted molar refractivity (Wildman–Crippen MR) is 82.4 cm³/mol. The van der Waals surface area contributed by atoms with Gasteiger partial charge in [-0.1, -0.05) is 18.2 Å². The van der Waals surface area contributed by atoms with E-state index in [9.17, 15) is 8.42 Å². The third-order valence-electron chi connectivity index (χ3n) is 3.30. The summed E-state index contributed by atoms with van der Waals surface area (Å²) >= 11 is 0. The predicted octanol–water partition coefficient (Wildman–Crippen LogP) is 2.71. The molecule has 0 aliphatic rings. The Morgan fingerprint density at radius 3 is 2.25 bits per heavy atom. The number of rotatable bonds is 3. The van der Waals surface area contributed by atoms with Gasteiger partial charge in [0.2, 0.25) is 0 Å². The highest BCUT2D eigenvalue weighted by molar-refractivity contribution is 7.92. The number of anilines is 2. The molecule has 4 nitrogen and oxygen atoms in total. The summed E-state index contributed by atoms with van der Waals surface area (Å²) in [5.74, 6) is 0. The molecule has 0 saturated heterocycles. The first-order chi connectivity index (χ1) is 9.34. The van der Waals surface area contributed by atoms with Crippen LogP contribution in [0.4, 0.5) is 11.4 Å². The largest absolute Gasteiger partial charge is 0.398 e. The minimum atomic E-state index is -3.61. The van der Waals surface area contributed by atoms with Crippen LogP contribution in [0.2, 0.25) is 0 Å². The van der Waals surface area contributed by atoms with E-state index in [0.717, 1.165) is 5.56 Å². The van der Waals surface area contributed by atoms with E-state index in [1.165, 1.54) is 4.31 Å². The zero-order valence-electron chi connectivity index (χ0n) is 11.8. The van der Waals surface area contributed by atoms with Crippen LogP contribution in [0.3, 0.4) is 0 Å². The third-order valence-corrected chi connectivity index (χ3v) is 5.21. The summed E-state index contributed by atoms with van der Waals surface area (Å²) in [7, 11) is -2.07. The van der Waals surface area contributed by atoms with E-state index in [0.29, 0.717) is 16.9 Å². The molecule has 5 heteroatoms. The Labute approximate surface area is 119 Å². The summed E-state index contributed by atoms with van der Waals surface area (Å²) in [5.41, 5.74) is 8.39. The van der Waals surface area contributed by atoms with Crippen molar-refractivity contribution in [3.63, 3.8) is 0 Å². The van der Waals surface area contributed by atoms with Crippen molar-refractivity contribution in [2.75, 3.05) is 17.1 Å². The molecule has 2 aromatic carbocycles. The normalized spacial score (nSPS) is 11.3. The first-order valence-corrected chi connectivity index (χ1v) is 7.68. The van der Waals surface area contributed by atoms with Crippen molar-refractivity contribution in [3.8, 4) is 0 Å². The maximum absolute atomic E-state index is 12.7. The zero-order chi connectivity index (χ0) is 14.9. The number of benzene rings is 2.